The van der Waals surface area contributed by atoms with Crippen LogP contribution in [0.3, 0.4) is 0 Å². The number of hydrogen-bond donors (Lipinski definition) is 3. The number of nitriles is 1. The van der Waals surface area contributed by atoms with E-state index < -0.39 is 16.1 Å². The van der Waals surface area contributed by atoms with Crippen LogP contribution in [0.4, 0.5) is 0 Å². The first-order valence-corrected chi connectivity index (χ1v) is 12.4. The highest BCUT2D eigenvalue weighted by atomic mass is 32.2. The summed E-state index contributed by atoms with van der Waals surface area (Å²) in [6.45, 7) is 1.22. The van der Waals surface area contributed by atoms with E-state index in [1.165, 1.54) is 6.07 Å². The number of carbonyl (C=O) groups is 1. The van der Waals surface area contributed by atoms with Gasteiger partial charge in [0, 0.05) is 49.5 Å². The number of benzene rings is 1. The van der Waals surface area contributed by atoms with Crippen molar-refractivity contribution in [1.82, 2.24) is 19.2 Å². The van der Waals surface area contributed by atoms with Gasteiger partial charge in [-0.1, -0.05) is 6.07 Å². The van der Waals surface area contributed by atoms with Crippen molar-refractivity contribution < 1.29 is 18.3 Å². The Morgan fingerprint density at radius 1 is 1.30 bits per heavy atom. The molecule has 9 nitrogen and oxygen atoms in total. The number of aliphatic hydroxyl groups excluding tert-OH is 1. The number of aromatic nitrogens is 2. The van der Waals surface area contributed by atoms with E-state index in [0.29, 0.717) is 36.2 Å². The summed E-state index contributed by atoms with van der Waals surface area (Å²) in [5.41, 5.74) is 1.13. The minimum absolute atomic E-state index is 0.00937. The summed E-state index contributed by atoms with van der Waals surface area (Å²) in [5, 5.41) is 19.4. The number of aliphatic hydroxyl groups is 1. The maximum Gasteiger partial charge on any atom is 0.241 e. The third-order valence-electron chi connectivity index (χ3n) is 6.13. The van der Waals surface area contributed by atoms with Crippen LogP contribution in [0.2, 0.25) is 0 Å². The van der Waals surface area contributed by atoms with Gasteiger partial charge in [0.05, 0.1) is 4.90 Å². The first-order chi connectivity index (χ1) is 15.9. The average Bonchev–Trinajstić information content (AvgIpc) is 3.50. The van der Waals surface area contributed by atoms with E-state index in [1.54, 1.807) is 52.2 Å². The molecule has 3 aromatic rings. The van der Waals surface area contributed by atoms with Crippen molar-refractivity contribution in [2.24, 2.45) is 5.92 Å². The highest BCUT2D eigenvalue weighted by molar-refractivity contribution is 7.89. The van der Waals surface area contributed by atoms with Crippen molar-refractivity contribution in [3.05, 3.63) is 54.5 Å². The van der Waals surface area contributed by atoms with Crippen LogP contribution >= 0.6 is 0 Å². The normalized spacial score (nSPS) is 17.7. The van der Waals surface area contributed by atoms with Crippen LogP contribution in [0, 0.1) is 17.2 Å². The number of likely N-dealkylation sites (tertiary alicyclic amines) is 1. The Morgan fingerprint density at radius 3 is 2.94 bits per heavy atom. The molecule has 0 radical (unpaired) electrons. The van der Waals surface area contributed by atoms with E-state index >= 15 is 0 Å². The van der Waals surface area contributed by atoms with Gasteiger partial charge in [0.25, 0.3) is 0 Å². The summed E-state index contributed by atoms with van der Waals surface area (Å²) in [7, 11) is -4.01. The molecule has 3 heterocycles. The molecular weight excluding hydrogens is 442 g/mol. The summed E-state index contributed by atoms with van der Waals surface area (Å²) in [4.78, 5) is 18.2. The predicted molar refractivity (Wildman–Crippen MR) is 123 cm³/mol. The van der Waals surface area contributed by atoms with Gasteiger partial charge >= 0.3 is 0 Å². The van der Waals surface area contributed by atoms with Gasteiger partial charge in [-0.3, -0.25) is 4.79 Å². The van der Waals surface area contributed by atoms with Gasteiger partial charge in [-0.2, -0.15) is 9.98 Å². The van der Waals surface area contributed by atoms with Crippen LogP contribution < -0.4 is 4.72 Å². The van der Waals surface area contributed by atoms with E-state index in [0.717, 1.165) is 12.8 Å². The molecule has 1 fully saturated rings. The van der Waals surface area contributed by atoms with Crippen LogP contribution in [-0.4, -0.2) is 59.6 Å². The van der Waals surface area contributed by atoms with E-state index in [-0.39, 0.29) is 29.7 Å². The lowest BCUT2D eigenvalue weighted by atomic mass is 9.98. The summed E-state index contributed by atoms with van der Waals surface area (Å²) < 4.78 is 31.0. The zero-order valence-electron chi connectivity index (χ0n) is 18.1. The van der Waals surface area contributed by atoms with Crippen molar-refractivity contribution in [3.8, 4) is 6.07 Å². The third kappa shape index (κ3) is 4.95. The summed E-state index contributed by atoms with van der Waals surface area (Å²) in [6, 6.07) is 11.1. The lowest BCUT2D eigenvalue weighted by molar-refractivity contribution is -0.135. The molecule has 1 aliphatic heterocycles. The summed E-state index contributed by atoms with van der Waals surface area (Å²) in [6.07, 6.45) is 5.18. The number of sulfonamides is 1. The molecule has 1 aromatic carbocycles. The van der Waals surface area contributed by atoms with Gasteiger partial charge in [0.15, 0.2) is 0 Å². The van der Waals surface area contributed by atoms with Gasteiger partial charge in [-0.05, 0) is 55.5 Å². The van der Waals surface area contributed by atoms with Crippen LogP contribution in [-0.2, 0) is 21.4 Å². The number of nitrogens with zero attached hydrogens (tertiary/aromatic N) is 3. The minimum atomic E-state index is -4.01. The van der Waals surface area contributed by atoms with Crippen molar-refractivity contribution in [1.29, 1.82) is 5.26 Å². The second-order valence-corrected chi connectivity index (χ2v) is 10.0. The lowest BCUT2D eigenvalue weighted by Crippen LogP contribution is -2.52. The molecular formula is C23H27N5O4S. The minimum Gasteiger partial charge on any atom is -0.396 e. The van der Waals surface area contributed by atoms with Gasteiger partial charge < -0.3 is 19.6 Å². The monoisotopic (exact) mass is 469 g/mol. The molecule has 2 unspecified atom stereocenters. The Bertz CT molecular complexity index is 1270. The molecule has 1 saturated heterocycles. The first-order valence-electron chi connectivity index (χ1n) is 11.0. The summed E-state index contributed by atoms with van der Waals surface area (Å²) in [5.74, 6) is -0.327. The number of amides is 1. The Kier molecular flexibility index (Phi) is 6.83. The van der Waals surface area contributed by atoms with Gasteiger partial charge in [0.2, 0.25) is 15.9 Å². The van der Waals surface area contributed by atoms with Crippen molar-refractivity contribution in [2.75, 3.05) is 19.7 Å². The molecule has 3 N–H and O–H groups in total. The largest absolute Gasteiger partial charge is 0.396 e. The fourth-order valence-electron chi connectivity index (χ4n) is 4.39. The fourth-order valence-corrected chi connectivity index (χ4v) is 5.83. The van der Waals surface area contributed by atoms with Crippen LogP contribution in [0.15, 0.2) is 53.7 Å². The molecule has 1 amide bonds. The number of nitrogens with one attached hydrogen (secondary N) is 2. The van der Waals surface area contributed by atoms with E-state index in [4.69, 9.17) is 0 Å². The predicted octanol–water partition coefficient (Wildman–Crippen LogP) is 1.81. The number of aryl methyl sites for hydroxylation is 1. The third-order valence-corrected chi connectivity index (χ3v) is 7.66. The zero-order valence-corrected chi connectivity index (χ0v) is 19.0. The van der Waals surface area contributed by atoms with Crippen molar-refractivity contribution >= 4 is 26.8 Å². The molecule has 1 aliphatic rings. The number of hydrogen-bond acceptors (Lipinski definition) is 5. The SMILES string of the molecule is N#Cc1cccn1CCC(NS(=O)(=O)c1cccc2[nH]ccc12)C(=O)N1CCCC(CO)C1. The number of fused-ring (bicyclic) bond motifs is 1. The van der Waals surface area contributed by atoms with Gasteiger partial charge in [-0.15, -0.1) is 0 Å². The number of piperidine rings is 1. The van der Waals surface area contributed by atoms with Gasteiger partial charge in [0.1, 0.15) is 17.8 Å². The standard InChI is InChI=1S/C23H27N5O4S/c24-14-18-5-3-11-27(18)13-9-21(23(30)28-12-2-4-17(15-28)16-29)26-33(31,32)22-7-1-6-20-19(22)8-10-25-20/h1,3,5-8,10-11,17,21,25-26,29H,2,4,9,12-13,15-16H2. The van der Waals surface area contributed by atoms with E-state index in [1.807, 2.05) is 0 Å². The molecule has 0 aliphatic carbocycles. The lowest BCUT2D eigenvalue weighted by Gasteiger charge is -2.34. The summed E-state index contributed by atoms with van der Waals surface area (Å²) >= 11 is 0. The van der Waals surface area contributed by atoms with E-state index in [9.17, 15) is 23.6 Å². The number of aromatic amines is 1. The smallest absolute Gasteiger partial charge is 0.241 e. The molecule has 0 bridgehead atoms. The van der Waals surface area contributed by atoms with Gasteiger partial charge in [-0.25, -0.2) is 8.42 Å². The highest BCUT2D eigenvalue weighted by Crippen LogP contribution is 2.23. The molecule has 174 valence electrons. The Hall–Kier alpha value is -3.13. The molecule has 33 heavy (non-hydrogen) atoms. The topological polar surface area (TPSA) is 131 Å². The average molecular weight is 470 g/mol. The number of H-pyrrole nitrogens is 1. The maximum absolute atomic E-state index is 13.4. The highest BCUT2D eigenvalue weighted by Gasteiger charge is 2.32. The van der Waals surface area contributed by atoms with Crippen LogP contribution in [0.5, 0.6) is 0 Å². The molecule has 0 saturated carbocycles. The quantitative estimate of drug-likeness (QED) is 0.463. The maximum atomic E-state index is 13.4. The number of carbonyl (C=O) groups excluding carboxylic acids is 1. The molecule has 10 heteroatoms. The molecule has 0 spiro atoms. The Morgan fingerprint density at radius 2 is 2.15 bits per heavy atom. The van der Waals surface area contributed by atoms with Crippen LogP contribution in [0.25, 0.3) is 10.9 Å². The second kappa shape index (κ2) is 9.79. The van der Waals surface area contributed by atoms with Crippen molar-refractivity contribution in [2.45, 2.75) is 36.7 Å². The number of rotatable bonds is 8. The molecule has 2 atom stereocenters. The van der Waals surface area contributed by atoms with Crippen LogP contribution in [0.1, 0.15) is 25.0 Å². The Balaban J connectivity index is 1.60. The molecule has 4 rings (SSSR count). The zero-order chi connectivity index (χ0) is 23.4. The fraction of sp³-hybridized carbons (Fsp3) is 0.391. The Labute approximate surface area is 192 Å². The second-order valence-electron chi connectivity index (χ2n) is 8.33. The first kappa shape index (κ1) is 23.0. The van der Waals surface area contributed by atoms with E-state index in [2.05, 4.69) is 15.8 Å². The molecule has 2 aromatic heterocycles. The van der Waals surface area contributed by atoms with Crippen molar-refractivity contribution in [3.63, 3.8) is 0 Å².